The summed E-state index contributed by atoms with van der Waals surface area (Å²) in [6.07, 6.45) is -1.79. The molecule has 0 atom stereocenters. The van der Waals surface area contributed by atoms with Gasteiger partial charge in [-0.15, -0.1) is 0 Å². The van der Waals surface area contributed by atoms with E-state index in [-0.39, 0.29) is 12.3 Å². The van der Waals surface area contributed by atoms with Crippen LogP contribution in [-0.2, 0) is 9.84 Å². The van der Waals surface area contributed by atoms with Crippen LogP contribution in [0.2, 0.25) is 0 Å². The van der Waals surface area contributed by atoms with Gasteiger partial charge in [-0.1, -0.05) is 0 Å². The Morgan fingerprint density at radius 3 is 2.57 bits per heavy atom. The van der Waals surface area contributed by atoms with Crippen LogP contribution in [-0.4, -0.2) is 26.9 Å². The zero-order chi connectivity index (χ0) is 7.49. The highest BCUT2D eigenvalue weighted by molar-refractivity contribution is 7.90. The summed E-state index contributed by atoms with van der Waals surface area (Å²) < 4.78 is 34.0. The summed E-state index contributed by atoms with van der Waals surface area (Å²) in [5, 5.41) is 0. The molecule has 0 unspecified atom stereocenters. The maximum Gasteiger partial charge on any atom is 0.148 e. The first-order valence-electron chi connectivity index (χ1n) is 2.92. The maximum atomic E-state index is 10.5. The topological polar surface area (TPSA) is 60.2 Å². The van der Waals surface area contributed by atoms with Gasteiger partial charge in [-0.25, -0.2) is 8.42 Å². The van der Waals surface area contributed by atoms with Gasteiger partial charge in [0, 0.05) is 15.5 Å². The van der Waals surface area contributed by atoms with Gasteiger partial charge in [0.1, 0.15) is 9.84 Å². The molecule has 0 aromatic rings. The highest BCUT2D eigenvalue weighted by Gasteiger charge is 1.95. The lowest BCUT2D eigenvalue weighted by atomic mass is 10.8. The van der Waals surface area contributed by atoms with Crippen LogP contribution >= 0.6 is 0 Å². The summed E-state index contributed by atoms with van der Waals surface area (Å²) in [6.45, 7) is -0.0173. The van der Waals surface area contributed by atoms with Gasteiger partial charge >= 0.3 is 0 Å². The van der Waals surface area contributed by atoms with Gasteiger partial charge in [0.25, 0.3) is 0 Å². The summed E-state index contributed by atoms with van der Waals surface area (Å²) >= 11 is 0. The highest BCUT2D eigenvalue weighted by atomic mass is 32.2. The van der Waals surface area contributed by atoms with Gasteiger partial charge in [-0.2, -0.15) is 0 Å². The van der Waals surface area contributed by atoms with Crippen LogP contribution in [0.5, 0.6) is 0 Å². The van der Waals surface area contributed by atoms with Gasteiger partial charge in [-0.3, -0.25) is 0 Å². The Kier molecular flexibility index (Phi) is 1.25. The molecule has 44 valence electrons. The molecule has 0 aliphatic carbocycles. The van der Waals surface area contributed by atoms with Gasteiger partial charge in [0.15, 0.2) is 0 Å². The molecule has 0 bridgehead atoms. The van der Waals surface area contributed by atoms with E-state index in [0.717, 1.165) is 0 Å². The minimum atomic E-state index is -3.54. The molecule has 0 saturated carbocycles. The van der Waals surface area contributed by atoms with Crippen molar-refractivity contribution in [1.82, 2.24) is 0 Å². The van der Waals surface area contributed by atoms with Crippen molar-refractivity contribution < 1.29 is 11.2 Å². The molecule has 0 spiro atoms. The van der Waals surface area contributed by atoms with Crippen molar-refractivity contribution in [2.45, 2.75) is 0 Å². The van der Waals surface area contributed by atoms with E-state index in [9.17, 15) is 8.42 Å². The molecule has 4 heteroatoms. The molecule has 0 aliphatic rings. The molecule has 0 radical (unpaired) electrons. The first kappa shape index (κ1) is 3.86. The average molecular weight is 125 g/mol. The van der Waals surface area contributed by atoms with Crippen LogP contribution in [0.3, 0.4) is 0 Å². The third kappa shape index (κ3) is 5.91. The van der Waals surface area contributed by atoms with Crippen molar-refractivity contribution in [2.24, 2.45) is 5.73 Å². The van der Waals surface area contributed by atoms with Crippen molar-refractivity contribution in [3.05, 3.63) is 0 Å². The number of nitrogens with two attached hydrogens (primary N) is 1. The lowest BCUT2D eigenvalue weighted by Gasteiger charge is -1.87. The number of hydrogen-bond acceptors (Lipinski definition) is 3. The molecular formula is C3H9NO2S. The Balaban J connectivity index is 4.05. The zero-order valence-corrected chi connectivity index (χ0v) is 4.61. The van der Waals surface area contributed by atoms with Crippen LogP contribution in [0.1, 0.15) is 2.74 Å². The van der Waals surface area contributed by atoms with Crippen molar-refractivity contribution in [3.63, 3.8) is 0 Å². The van der Waals surface area contributed by atoms with Gasteiger partial charge in [0.05, 0.1) is 5.75 Å². The standard InChI is InChI=1S/C3H9NO2S/c1-7(5,6)3-2-4/h2-4H2,1H3/i1D2. The van der Waals surface area contributed by atoms with Crippen LogP contribution in [0.25, 0.3) is 0 Å². The molecule has 0 fully saturated rings. The summed E-state index contributed by atoms with van der Waals surface area (Å²) in [5.74, 6) is -0.273. The number of sulfone groups is 1. The Bertz CT molecular complexity index is 165. The lowest BCUT2D eigenvalue weighted by Crippen LogP contribution is -2.13. The quantitative estimate of drug-likeness (QED) is 0.514. The molecule has 0 aliphatic heterocycles. The van der Waals surface area contributed by atoms with Crippen molar-refractivity contribution in [3.8, 4) is 0 Å². The molecule has 0 saturated heterocycles. The molecule has 3 nitrogen and oxygen atoms in total. The summed E-state index contributed by atoms with van der Waals surface area (Å²) in [6, 6.07) is 0. The fourth-order valence-corrected chi connectivity index (χ4v) is 0.493. The molecular weight excluding hydrogens is 114 g/mol. The van der Waals surface area contributed by atoms with E-state index in [0.29, 0.717) is 0 Å². The second-order valence-corrected chi connectivity index (χ2v) is 2.89. The minimum Gasteiger partial charge on any atom is -0.329 e. The summed E-state index contributed by atoms with van der Waals surface area (Å²) in [5.41, 5.74) is 4.91. The normalized spacial score (nSPS) is 16.3. The zero-order valence-electron chi connectivity index (χ0n) is 5.79. The van der Waals surface area contributed by atoms with Crippen molar-refractivity contribution >= 4 is 9.84 Å². The summed E-state index contributed by atoms with van der Waals surface area (Å²) in [4.78, 5) is 0. The monoisotopic (exact) mass is 125 g/mol. The Labute approximate surface area is 46.2 Å². The largest absolute Gasteiger partial charge is 0.329 e. The first-order valence-corrected chi connectivity index (χ1v) is 3.48. The molecule has 0 aromatic carbocycles. The molecule has 7 heavy (non-hydrogen) atoms. The Morgan fingerprint density at radius 1 is 1.86 bits per heavy atom. The van der Waals surface area contributed by atoms with E-state index in [1.54, 1.807) is 0 Å². The number of hydrogen-bond donors (Lipinski definition) is 1. The Morgan fingerprint density at radius 2 is 2.43 bits per heavy atom. The van der Waals surface area contributed by atoms with Crippen LogP contribution in [0.15, 0.2) is 0 Å². The smallest absolute Gasteiger partial charge is 0.148 e. The van der Waals surface area contributed by atoms with Crippen LogP contribution in [0.4, 0.5) is 0 Å². The second kappa shape index (κ2) is 2.28. The predicted molar refractivity (Wildman–Crippen MR) is 28.8 cm³/mol. The van der Waals surface area contributed by atoms with Crippen LogP contribution < -0.4 is 5.73 Å². The molecule has 2 N–H and O–H groups in total. The minimum absolute atomic E-state index is 0.0173. The SMILES string of the molecule is [2H]C([2H])S(=O)(=O)CCN. The summed E-state index contributed by atoms with van der Waals surface area (Å²) in [7, 11) is -3.54. The van der Waals surface area contributed by atoms with Gasteiger partial charge in [0.2, 0.25) is 0 Å². The van der Waals surface area contributed by atoms with Gasteiger partial charge < -0.3 is 5.73 Å². The average Bonchev–Trinajstić information content (AvgIpc) is 1.65. The van der Waals surface area contributed by atoms with E-state index in [4.69, 9.17) is 8.48 Å². The van der Waals surface area contributed by atoms with E-state index < -0.39 is 16.0 Å². The molecule has 0 aromatic heterocycles. The van der Waals surface area contributed by atoms with Crippen molar-refractivity contribution in [2.75, 3.05) is 18.5 Å². The molecule has 0 amide bonds. The highest BCUT2D eigenvalue weighted by Crippen LogP contribution is 1.75. The molecule has 0 rings (SSSR count). The Hall–Kier alpha value is -0.0900. The fourth-order valence-electron chi connectivity index (χ4n) is 0.164. The van der Waals surface area contributed by atoms with E-state index in [1.807, 2.05) is 0 Å². The van der Waals surface area contributed by atoms with E-state index in [2.05, 4.69) is 0 Å². The second-order valence-electron chi connectivity index (χ2n) is 1.16. The van der Waals surface area contributed by atoms with Crippen LogP contribution in [0, 0.1) is 0 Å². The maximum absolute atomic E-state index is 10.5. The third-order valence-corrected chi connectivity index (χ3v) is 1.21. The number of rotatable bonds is 2. The predicted octanol–water partition coefficient (Wildman–Crippen LogP) is -1.01. The van der Waals surface area contributed by atoms with E-state index in [1.165, 1.54) is 0 Å². The van der Waals surface area contributed by atoms with Gasteiger partial charge in [-0.05, 0) is 0 Å². The van der Waals surface area contributed by atoms with E-state index >= 15 is 0 Å². The lowest BCUT2D eigenvalue weighted by molar-refractivity contribution is 0.601. The first-order chi connectivity index (χ1) is 4.00. The third-order valence-electron chi connectivity index (χ3n) is 0.402. The fraction of sp³-hybridized carbons (Fsp3) is 1.00. The van der Waals surface area contributed by atoms with Crippen molar-refractivity contribution in [1.29, 1.82) is 0 Å². The molecule has 0 heterocycles.